The van der Waals surface area contributed by atoms with Crippen LogP contribution in [-0.4, -0.2) is 15.0 Å². The van der Waals surface area contributed by atoms with Gasteiger partial charge in [-0.25, -0.2) is 15.0 Å². The third kappa shape index (κ3) is 5.91. The maximum absolute atomic E-state index is 5.11. The fourth-order valence-corrected chi connectivity index (χ4v) is 8.10. The normalized spacial score (nSPS) is 12.7. The van der Waals surface area contributed by atoms with Gasteiger partial charge in [0.2, 0.25) is 0 Å². The van der Waals surface area contributed by atoms with Crippen LogP contribution < -0.4 is 0 Å². The fourth-order valence-electron chi connectivity index (χ4n) is 8.10. The molecule has 0 fully saturated rings. The van der Waals surface area contributed by atoms with Crippen molar-refractivity contribution in [2.24, 2.45) is 0 Å². The second-order valence-electron chi connectivity index (χ2n) is 14.9. The van der Waals surface area contributed by atoms with E-state index in [1.165, 1.54) is 49.9 Å². The molecule has 0 atom stereocenters. The Morgan fingerprint density at radius 2 is 0.691 bits per heavy atom. The summed E-state index contributed by atoms with van der Waals surface area (Å²) in [4.78, 5) is 15.3. The highest BCUT2D eigenvalue weighted by atomic mass is 15.0. The second kappa shape index (κ2) is 13.2. The standard InChI is InChI=1S/C52H37N3/c1-52(2)47-16-10-9-15-45(47)46-30-29-42(33-48(46)52)41-27-21-38-22-28-43(32-44(38)31-41)51-54-49(39-23-17-36(18-24-39)34-11-5-3-6-12-34)53-50(55-51)40-25-19-37(20-26-40)35-13-7-4-8-14-35/h3-33H,1-2H3. The predicted molar refractivity (Wildman–Crippen MR) is 228 cm³/mol. The molecule has 1 aliphatic rings. The van der Waals surface area contributed by atoms with E-state index in [0.29, 0.717) is 17.5 Å². The third-order valence-electron chi connectivity index (χ3n) is 11.2. The number of nitrogens with zero attached hydrogens (tertiary/aromatic N) is 3. The number of aromatic nitrogens is 3. The lowest BCUT2D eigenvalue weighted by Gasteiger charge is -2.22. The molecule has 1 heterocycles. The summed E-state index contributed by atoms with van der Waals surface area (Å²) in [5.74, 6) is 1.92. The van der Waals surface area contributed by atoms with E-state index in [2.05, 4.69) is 190 Å². The molecule has 0 unspecified atom stereocenters. The van der Waals surface area contributed by atoms with Crippen LogP contribution in [-0.2, 0) is 5.41 Å². The van der Waals surface area contributed by atoms with Crippen molar-refractivity contribution in [1.82, 2.24) is 15.0 Å². The summed E-state index contributed by atoms with van der Waals surface area (Å²) >= 11 is 0. The Kier molecular flexibility index (Phi) is 7.81. The van der Waals surface area contributed by atoms with Crippen molar-refractivity contribution >= 4 is 10.8 Å². The van der Waals surface area contributed by atoms with Crippen LogP contribution in [0.5, 0.6) is 0 Å². The quantitative estimate of drug-likeness (QED) is 0.173. The predicted octanol–water partition coefficient (Wildman–Crippen LogP) is 13.3. The Hall–Kier alpha value is -6.97. The van der Waals surface area contributed by atoms with E-state index in [4.69, 9.17) is 15.0 Å². The molecule has 0 saturated heterocycles. The molecule has 1 aliphatic carbocycles. The van der Waals surface area contributed by atoms with Crippen molar-refractivity contribution < 1.29 is 0 Å². The number of hydrogen-bond acceptors (Lipinski definition) is 3. The van der Waals surface area contributed by atoms with Crippen molar-refractivity contribution in [1.29, 1.82) is 0 Å². The smallest absolute Gasteiger partial charge is 0.164 e. The molecule has 0 radical (unpaired) electrons. The molecule has 0 saturated carbocycles. The molecule has 1 aromatic heterocycles. The summed E-state index contributed by atoms with van der Waals surface area (Å²) in [6.07, 6.45) is 0. The first-order chi connectivity index (χ1) is 27.0. The molecule has 0 amide bonds. The van der Waals surface area contributed by atoms with E-state index in [0.717, 1.165) is 33.2 Å². The van der Waals surface area contributed by atoms with Gasteiger partial charge < -0.3 is 0 Å². The summed E-state index contributed by atoms with van der Waals surface area (Å²) in [6.45, 7) is 4.67. The topological polar surface area (TPSA) is 38.7 Å². The Morgan fingerprint density at radius 3 is 1.29 bits per heavy atom. The summed E-state index contributed by atoms with van der Waals surface area (Å²) in [5.41, 5.74) is 15.3. The van der Waals surface area contributed by atoms with E-state index in [9.17, 15) is 0 Å². The molecule has 0 N–H and O–H groups in total. The molecule has 55 heavy (non-hydrogen) atoms. The van der Waals surface area contributed by atoms with Crippen molar-refractivity contribution in [2.45, 2.75) is 19.3 Å². The SMILES string of the molecule is CC1(C)c2ccccc2-c2ccc(-c3ccc4ccc(-c5nc(-c6ccc(-c7ccccc7)cc6)nc(-c6ccc(-c7ccccc7)cc6)n5)cc4c3)cc21. The molecule has 0 spiro atoms. The van der Waals surface area contributed by atoms with Crippen LogP contribution in [0.15, 0.2) is 188 Å². The minimum absolute atomic E-state index is 0.0518. The van der Waals surface area contributed by atoms with Crippen LogP contribution in [0.4, 0.5) is 0 Å². The maximum Gasteiger partial charge on any atom is 0.164 e. The Bertz CT molecular complexity index is 2760. The van der Waals surface area contributed by atoms with Gasteiger partial charge in [-0.15, -0.1) is 0 Å². The largest absolute Gasteiger partial charge is 0.208 e. The lowest BCUT2D eigenvalue weighted by molar-refractivity contribution is 0.660. The van der Waals surface area contributed by atoms with Crippen LogP contribution >= 0.6 is 0 Å². The van der Waals surface area contributed by atoms with Gasteiger partial charge in [0.05, 0.1) is 0 Å². The lowest BCUT2D eigenvalue weighted by atomic mass is 9.81. The van der Waals surface area contributed by atoms with Gasteiger partial charge in [-0.1, -0.05) is 184 Å². The van der Waals surface area contributed by atoms with Gasteiger partial charge in [-0.05, 0) is 84.6 Å². The molecule has 3 heteroatoms. The van der Waals surface area contributed by atoms with E-state index >= 15 is 0 Å². The highest BCUT2D eigenvalue weighted by Crippen LogP contribution is 2.49. The van der Waals surface area contributed by atoms with Crippen molar-refractivity contribution in [3.8, 4) is 78.7 Å². The summed E-state index contributed by atoms with van der Waals surface area (Å²) in [5, 5.41) is 2.31. The zero-order valence-electron chi connectivity index (χ0n) is 30.7. The maximum atomic E-state index is 5.11. The molecule has 9 aromatic rings. The minimum Gasteiger partial charge on any atom is -0.208 e. The lowest BCUT2D eigenvalue weighted by Crippen LogP contribution is -2.14. The molecule has 0 aliphatic heterocycles. The zero-order valence-corrected chi connectivity index (χ0v) is 30.7. The molecule has 10 rings (SSSR count). The van der Waals surface area contributed by atoms with Gasteiger partial charge >= 0.3 is 0 Å². The van der Waals surface area contributed by atoms with Gasteiger partial charge in [0, 0.05) is 22.1 Å². The van der Waals surface area contributed by atoms with Crippen molar-refractivity contribution in [3.63, 3.8) is 0 Å². The molecule has 0 bridgehead atoms. The van der Waals surface area contributed by atoms with Crippen LogP contribution in [0.2, 0.25) is 0 Å². The molecule has 8 aromatic carbocycles. The van der Waals surface area contributed by atoms with Crippen LogP contribution in [0, 0.1) is 0 Å². The van der Waals surface area contributed by atoms with Crippen LogP contribution in [0.3, 0.4) is 0 Å². The highest BCUT2D eigenvalue weighted by Gasteiger charge is 2.35. The monoisotopic (exact) mass is 703 g/mol. The molecule has 260 valence electrons. The Balaban J connectivity index is 1.05. The van der Waals surface area contributed by atoms with Gasteiger partial charge in [0.1, 0.15) is 0 Å². The number of fused-ring (bicyclic) bond motifs is 4. The zero-order chi connectivity index (χ0) is 36.9. The van der Waals surface area contributed by atoms with Crippen LogP contribution in [0.1, 0.15) is 25.0 Å². The van der Waals surface area contributed by atoms with Crippen molar-refractivity contribution in [2.75, 3.05) is 0 Å². The number of benzene rings is 8. The van der Waals surface area contributed by atoms with Gasteiger partial charge in [-0.2, -0.15) is 0 Å². The second-order valence-corrected chi connectivity index (χ2v) is 14.9. The average molecular weight is 704 g/mol. The van der Waals surface area contributed by atoms with E-state index < -0.39 is 0 Å². The highest BCUT2D eigenvalue weighted by molar-refractivity contribution is 5.91. The van der Waals surface area contributed by atoms with Gasteiger partial charge in [-0.3, -0.25) is 0 Å². The van der Waals surface area contributed by atoms with E-state index in [-0.39, 0.29) is 5.41 Å². The average Bonchev–Trinajstić information content (AvgIpc) is 3.49. The van der Waals surface area contributed by atoms with Crippen molar-refractivity contribution in [3.05, 3.63) is 199 Å². The molecular weight excluding hydrogens is 667 g/mol. The summed E-state index contributed by atoms with van der Waals surface area (Å²) in [7, 11) is 0. The summed E-state index contributed by atoms with van der Waals surface area (Å²) in [6, 6.07) is 66.8. The van der Waals surface area contributed by atoms with Crippen LogP contribution in [0.25, 0.3) is 89.4 Å². The first-order valence-corrected chi connectivity index (χ1v) is 18.8. The molecular formula is C52H37N3. The fraction of sp³-hybridized carbons (Fsp3) is 0.0577. The Labute approximate surface area is 321 Å². The van der Waals surface area contributed by atoms with E-state index in [1.54, 1.807) is 0 Å². The van der Waals surface area contributed by atoms with Gasteiger partial charge in [0.25, 0.3) is 0 Å². The number of rotatable bonds is 6. The first kappa shape index (κ1) is 32.7. The Morgan fingerprint density at radius 1 is 0.291 bits per heavy atom. The summed E-state index contributed by atoms with van der Waals surface area (Å²) < 4.78 is 0. The first-order valence-electron chi connectivity index (χ1n) is 18.8. The van der Waals surface area contributed by atoms with E-state index in [1.807, 2.05) is 12.1 Å². The number of hydrogen-bond donors (Lipinski definition) is 0. The van der Waals surface area contributed by atoms with Gasteiger partial charge in [0.15, 0.2) is 17.5 Å². The minimum atomic E-state index is -0.0518. The third-order valence-corrected chi connectivity index (χ3v) is 11.2. The molecule has 3 nitrogen and oxygen atoms in total.